The maximum atomic E-state index is 12.6. The second kappa shape index (κ2) is 3.76. The van der Waals surface area contributed by atoms with Crippen LogP contribution in [0, 0.1) is 0 Å². The molecule has 80 valence electrons. The van der Waals surface area contributed by atoms with Crippen molar-refractivity contribution >= 4 is 0 Å². The van der Waals surface area contributed by atoms with Crippen LogP contribution in [0.2, 0.25) is 0 Å². The smallest absolute Gasteiger partial charge is 0.255 e. The summed E-state index contributed by atoms with van der Waals surface area (Å²) in [5.74, 6) is 0. The van der Waals surface area contributed by atoms with Crippen LogP contribution in [0.4, 0.5) is 8.78 Å². The Bertz CT molecular complexity index is 422. The Morgan fingerprint density at radius 2 is 2.27 bits per heavy atom. The van der Waals surface area contributed by atoms with Crippen LogP contribution in [0.1, 0.15) is 30.8 Å². The number of nitrogens with zero attached hydrogens (tertiary/aromatic N) is 4. The predicted molar refractivity (Wildman–Crippen MR) is 47.4 cm³/mol. The Labute approximate surface area is 84.1 Å². The van der Waals surface area contributed by atoms with Gasteiger partial charge in [0.1, 0.15) is 11.4 Å². The quantitative estimate of drug-likeness (QED) is 0.841. The zero-order valence-corrected chi connectivity index (χ0v) is 7.93. The molecule has 0 radical (unpaired) electrons. The number of aromatic nitrogens is 5. The van der Waals surface area contributed by atoms with Crippen molar-refractivity contribution in [2.75, 3.05) is 0 Å². The predicted octanol–water partition coefficient (Wildman–Crippen LogP) is 1.55. The van der Waals surface area contributed by atoms with Gasteiger partial charge in [0.15, 0.2) is 0 Å². The van der Waals surface area contributed by atoms with Crippen molar-refractivity contribution in [1.29, 1.82) is 0 Å². The van der Waals surface area contributed by atoms with E-state index in [1.807, 2.05) is 0 Å². The first-order chi connectivity index (χ1) is 7.20. The molecule has 1 N–H and O–H groups in total. The minimum atomic E-state index is -2.54. The van der Waals surface area contributed by atoms with E-state index in [-0.39, 0.29) is 11.7 Å². The van der Waals surface area contributed by atoms with Crippen molar-refractivity contribution < 1.29 is 8.78 Å². The minimum Gasteiger partial charge on any atom is -0.255 e. The van der Waals surface area contributed by atoms with Crippen LogP contribution in [0.5, 0.6) is 0 Å². The van der Waals surface area contributed by atoms with Crippen LogP contribution in [0.3, 0.4) is 0 Å². The van der Waals surface area contributed by atoms with Crippen LogP contribution in [0.25, 0.3) is 0 Å². The molecule has 0 aliphatic carbocycles. The lowest BCUT2D eigenvalue weighted by Gasteiger charge is -2.12. The first kappa shape index (κ1) is 9.75. The summed E-state index contributed by atoms with van der Waals surface area (Å²) in [6.07, 6.45) is 0.293. The lowest BCUT2D eigenvalue weighted by Crippen LogP contribution is -2.12. The molecule has 15 heavy (non-hydrogen) atoms. The summed E-state index contributed by atoms with van der Waals surface area (Å²) >= 11 is 0. The monoisotopic (exact) mass is 213 g/mol. The Morgan fingerprint density at radius 3 is 2.87 bits per heavy atom. The Kier molecular flexibility index (Phi) is 2.44. The van der Waals surface area contributed by atoms with Gasteiger partial charge in [0.2, 0.25) is 0 Å². The first-order valence-electron chi connectivity index (χ1n) is 4.37. The Balaban J connectivity index is 2.33. The van der Waals surface area contributed by atoms with Crippen LogP contribution in [-0.2, 0) is 0 Å². The first-order valence-corrected chi connectivity index (χ1v) is 4.37. The standard InChI is InChI=1S/C8H9F2N5/c1-5(6-4-11-14-13-6)15-7(8(9)10)2-3-12-15/h2-5,8H,1H3,(H,11,13,14). The van der Waals surface area contributed by atoms with Crippen molar-refractivity contribution in [2.45, 2.75) is 19.4 Å². The van der Waals surface area contributed by atoms with Gasteiger partial charge in [-0.3, -0.25) is 4.68 Å². The van der Waals surface area contributed by atoms with Gasteiger partial charge in [-0.2, -0.15) is 20.5 Å². The van der Waals surface area contributed by atoms with Crippen LogP contribution in [0.15, 0.2) is 18.5 Å². The fourth-order valence-electron chi connectivity index (χ4n) is 1.36. The molecule has 2 aromatic heterocycles. The van der Waals surface area contributed by atoms with Crippen molar-refractivity contribution in [2.24, 2.45) is 0 Å². The highest BCUT2D eigenvalue weighted by Gasteiger charge is 2.19. The normalized spacial score (nSPS) is 13.3. The summed E-state index contributed by atoms with van der Waals surface area (Å²) in [7, 11) is 0. The number of hydrogen-bond acceptors (Lipinski definition) is 3. The second-order valence-corrected chi connectivity index (χ2v) is 3.07. The van der Waals surface area contributed by atoms with Crippen molar-refractivity contribution in [3.63, 3.8) is 0 Å². The van der Waals surface area contributed by atoms with Crippen LogP contribution in [-0.4, -0.2) is 25.2 Å². The van der Waals surface area contributed by atoms with E-state index in [0.717, 1.165) is 0 Å². The molecule has 0 spiro atoms. The van der Waals surface area contributed by atoms with E-state index < -0.39 is 6.43 Å². The molecule has 1 unspecified atom stereocenters. The molecule has 2 heterocycles. The summed E-state index contributed by atoms with van der Waals surface area (Å²) in [4.78, 5) is 0. The lowest BCUT2D eigenvalue weighted by molar-refractivity contribution is 0.137. The van der Waals surface area contributed by atoms with Gasteiger partial charge in [0.25, 0.3) is 6.43 Å². The molecule has 0 amide bonds. The Morgan fingerprint density at radius 1 is 1.47 bits per heavy atom. The molecule has 0 bridgehead atoms. The highest BCUT2D eigenvalue weighted by Crippen LogP contribution is 2.23. The molecule has 5 nitrogen and oxygen atoms in total. The zero-order valence-electron chi connectivity index (χ0n) is 7.93. The third kappa shape index (κ3) is 1.72. The molecule has 2 rings (SSSR count). The molecule has 0 saturated carbocycles. The topological polar surface area (TPSA) is 59.4 Å². The van der Waals surface area contributed by atoms with Crippen LogP contribution < -0.4 is 0 Å². The third-order valence-corrected chi connectivity index (χ3v) is 2.15. The van der Waals surface area contributed by atoms with Crippen molar-refractivity contribution in [1.82, 2.24) is 25.2 Å². The molecule has 0 fully saturated rings. The van der Waals surface area contributed by atoms with E-state index in [9.17, 15) is 8.78 Å². The number of nitrogens with one attached hydrogen (secondary N) is 1. The molecule has 2 aromatic rings. The van der Waals surface area contributed by atoms with E-state index in [1.54, 1.807) is 6.92 Å². The highest BCUT2D eigenvalue weighted by molar-refractivity contribution is 5.08. The van der Waals surface area contributed by atoms with Crippen molar-refractivity contribution in [3.8, 4) is 0 Å². The van der Waals surface area contributed by atoms with E-state index in [0.29, 0.717) is 5.69 Å². The summed E-state index contributed by atoms with van der Waals surface area (Å²) in [6.45, 7) is 1.73. The average Bonchev–Trinajstić information content (AvgIpc) is 2.88. The Hall–Kier alpha value is -1.79. The molecule has 0 aliphatic rings. The number of aromatic amines is 1. The minimum absolute atomic E-state index is 0.120. The molecular weight excluding hydrogens is 204 g/mol. The third-order valence-electron chi connectivity index (χ3n) is 2.15. The van der Waals surface area contributed by atoms with Gasteiger partial charge in [-0.25, -0.2) is 8.78 Å². The zero-order chi connectivity index (χ0) is 10.8. The highest BCUT2D eigenvalue weighted by atomic mass is 19.3. The van der Waals surface area contributed by atoms with Gasteiger partial charge < -0.3 is 0 Å². The van der Waals surface area contributed by atoms with E-state index in [1.165, 1.54) is 23.1 Å². The van der Waals surface area contributed by atoms with Gasteiger partial charge in [-0.1, -0.05) is 0 Å². The van der Waals surface area contributed by atoms with E-state index in [4.69, 9.17) is 0 Å². The van der Waals surface area contributed by atoms with E-state index >= 15 is 0 Å². The SMILES string of the molecule is CC(c1cn[nH]n1)n1nccc1C(F)F. The number of hydrogen-bond donors (Lipinski definition) is 1. The van der Waals surface area contributed by atoms with E-state index in [2.05, 4.69) is 20.5 Å². The van der Waals surface area contributed by atoms with Crippen LogP contribution >= 0.6 is 0 Å². The second-order valence-electron chi connectivity index (χ2n) is 3.07. The summed E-state index contributed by atoms with van der Waals surface area (Å²) < 4.78 is 26.4. The maximum Gasteiger partial charge on any atom is 0.280 e. The molecule has 1 atom stereocenters. The maximum absolute atomic E-state index is 12.6. The molecular formula is C8H9F2N5. The number of halogens is 2. The lowest BCUT2D eigenvalue weighted by atomic mass is 10.2. The summed E-state index contributed by atoms with van der Waals surface area (Å²) in [5, 5.41) is 13.7. The summed E-state index contributed by atoms with van der Waals surface area (Å²) in [5.41, 5.74) is 0.450. The largest absolute Gasteiger partial charge is 0.280 e. The number of H-pyrrole nitrogens is 1. The number of rotatable bonds is 3. The van der Waals surface area contributed by atoms with Gasteiger partial charge >= 0.3 is 0 Å². The average molecular weight is 213 g/mol. The molecule has 0 aliphatic heterocycles. The molecule has 0 aromatic carbocycles. The van der Waals surface area contributed by atoms with Crippen molar-refractivity contribution in [3.05, 3.63) is 29.8 Å². The fraction of sp³-hybridized carbons (Fsp3) is 0.375. The van der Waals surface area contributed by atoms with Gasteiger partial charge in [-0.15, -0.1) is 0 Å². The van der Waals surface area contributed by atoms with Gasteiger partial charge in [0.05, 0.1) is 12.2 Å². The molecule has 7 heteroatoms. The van der Waals surface area contributed by atoms with Gasteiger partial charge in [-0.05, 0) is 13.0 Å². The summed E-state index contributed by atoms with van der Waals surface area (Å²) in [6, 6.07) is 0.934. The molecule has 0 saturated heterocycles. The fourth-order valence-corrected chi connectivity index (χ4v) is 1.36. The number of alkyl halides is 2. The van der Waals surface area contributed by atoms with Gasteiger partial charge in [0, 0.05) is 6.20 Å².